The van der Waals surface area contributed by atoms with Gasteiger partial charge < -0.3 is 10.1 Å². The van der Waals surface area contributed by atoms with Gasteiger partial charge in [-0.2, -0.15) is 0 Å². The number of ether oxygens (including phenoxy) is 1. The molecule has 1 aromatic rings. The highest BCUT2D eigenvalue weighted by molar-refractivity contribution is 5.78. The molecular weight excluding hydrogens is 190 g/mol. The van der Waals surface area contributed by atoms with Gasteiger partial charge in [0, 0.05) is 0 Å². The number of likely N-dealkylation sites (N-methyl/N-ethyl adjacent to an activating group) is 1. The van der Waals surface area contributed by atoms with Gasteiger partial charge in [0.15, 0.2) is 0 Å². The van der Waals surface area contributed by atoms with E-state index in [0.29, 0.717) is 0 Å². The minimum Gasteiger partial charge on any atom is -0.468 e. The van der Waals surface area contributed by atoms with Crippen LogP contribution in [0.2, 0.25) is 0 Å². The molecule has 0 saturated carbocycles. The number of hydrogen-bond donors (Lipinski definition) is 1. The van der Waals surface area contributed by atoms with E-state index < -0.39 is 0 Å². The predicted octanol–water partition coefficient (Wildman–Crippen LogP) is 1.68. The van der Waals surface area contributed by atoms with Crippen molar-refractivity contribution in [2.75, 3.05) is 14.2 Å². The minimum atomic E-state index is -0.369. The van der Waals surface area contributed by atoms with Gasteiger partial charge >= 0.3 is 5.97 Å². The number of esters is 1. The summed E-state index contributed by atoms with van der Waals surface area (Å²) in [7, 11) is 3.16. The summed E-state index contributed by atoms with van der Waals surface area (Å²) in [5.41, 5.74) is 2.16. The largest absolute Gasteiger partial charge is 0.468 e. The molecule has 0 bridgehead atoms. The molecular formula is C12H17NO2. The number of carbonyl (C=O) groups is 1. The summed E-state index contributed by atoms with van der Waals surface area (Å²) in [6.45, 7) is 2.07. The number of methoxy groups -OCH3 is 1. The fourth-order valence-corrected chi connectivity index (χ4v) is 1.66. The van der Waals surface area contributed by atoms with E-state index >= 15 is 0 Å². The third kappa shape index (κ3) is 2.57. The van der Waals surface area contributed by atoms with Gasteiger partial charge in [-0.25, -0.2) is 4.79 Å². The first-order valence-corrected chi connectivity index (χ1v) is 5.07. The van der Waals surface area contributed by atoms with Crippen LogP contribution in [0.15, 0.2) is 24.3 Å². The Morgan fingerprint density at radius 3 is 2.67 bits per heavy atom. The molecule has 1 aromatic carbocycles. The lowest BCUT2D eigenvalue weighted by Gasteiger charge is -2.17. The molecule has 1 atom stereocenters. The van der Waals surface area contributed by atoms with Crippen LogP contribution in [0.25, 0.3) is 0 Å². The van der Waals surface area contributed by atoms with Crippen molar-refractivity contribution >= 4 is 5.97 Å². The highest BCUT2D eigenvalue weighted by atomic mass is 16.5. The molecule has 0 saturated heterocycles. The molecule has 0 fully saturated rings. The first-order valence-electron chi connectivity index (χ1n) is 5.07. The van der Waals surface area contributed by atoms with Crippen LogP contribution < -0.4 is 5.32 Å². The summed E-state index contributed by atoms with van der Waals surface area (Å²) in [5.74, 6) is -0.251. The van der Waals surface area contributed by atoms with Crippen molar-refractivity contribution < 1.29 is 9.53 Å². The third-order valence-electron chi connectivity index (χ3n) is 2.47. The van der Waals surface area contributed by atoms with Crippen LogP contribution in [-0.4, -0.2) is 20.1 Å². The van der Waals surface area contributed by atoms with Crippen LogP contribution in [-0.2, 0) is 16.0 Å². The first-order chi connectivity index (χ1) is 7.24. The van der Waals surface area contributed by atoms with Crippen LogP contribution in [0.3, 0.4) is 0 Å². The summed E-state index contributed by atoms with van der Waals surface area (Å²) in [6, 6.07) is 7.53. The average Bonchev–Trinajstić information content (AvgIpc) is 2.30. The van der Waals surface area contributed by atoms with Gasteiger partial charge in [0.05, 0.1) is 7.11 Å². The van der Waals surface area contributed by atoms with Crippen molar-refractivity contribution in [3.05, 3.63) is 35.4 Å². The molecule has 15 heavy (non-hydrogen) atoms. The fraction of sp³-hybridized carbons (Fsp3) is 0.417. The number of carbonyl (C=O) groups excluding carboxylic acids is 1. The fourth-order valence-electron chi connectivity index (χ4n) is 1.66. The number of hydrogen-bond acceptors (Lipinski definition) is 3. The summed E-state index contributed by atoms with van der Waals surface area (Å²) in [4.78, 5) is 11.5. The zero-order chi connectivity index (χ0) is 11.3. The molecule has 0 radical (unpaired) electrons. The SMILES string of the molecule is CCc1ccccc1C(NC)C(=O)OC. The zero-order valence-corrected chi connectivity index (χ0v) is 9.41. The summed E-state index contributed by atoms with van der Waals surface area (Å²) < 4.78 is 4.76. The van der Waals surface area contributed by atoms with E-state index in [1.165, 1.54) is 12.7 Å². The molecule has 1 rings (SSSR count). The summed E-state index contributed by atoms with van der Waals surface area (Å²) in [6.07, 6.45) is 0.908. The Hall–Kier alpha value is -1.35. The summed E-state index contributed by atoms with van der Waals surface area (Å²) >= 11 is 0. The lowest BCUT2D eigenvalue weighted by molar-refractivity contribution is -0.143. The van der Waals surface area contributed by atoms with E-state index in [-0.39, 0.29) is 12.0 Å². The Kier molecular flexibility index (Phi) is 4.31. The Morgan fingerprint density at radius 1 is 1.47 bits per heavy atom. The number of benzene rings is 1. The van der Waals surface area contributed by atoms with E-state index in [0.717, 1.165) is 12.0 Å². The molecule has 3 heteroatoms. The second-order valence-electron chi connectivity index (χ2n) is 3.30. The second-order valence-corrected chi connectivity index (χ2v) is 3.30. The van der Waals surface area contributed by atoms with E-state index in [2.05, 4.69) is 12.2 Å². The smallest absolute Gasteiger partial charge is 0.327 e. The molecule has 0 aliphatic heterocycles. The molecule has 0 aliphatic rings. The highest BCUT2D eigenvalue weighted by Crippen LogP contribution is 2.19. The predicted molar refractivity (Wildman–Crippen MR) is 59.6 cm³/mol. The maximum absolute atomic E-state index is 11.5. The molecule has 3 nitrogen and oxygen atoms in total. The van der Waals surface area contributed by atoms with Gasteiger partial charge in [-0.05, 0) is 24.6 Å². The van der Waals surface area contributed by atoms with Crippen LogP contribution in [0.5, 0.6) is 0 Å². The highest BCUT2D eigenvalue weighted by Gasteiger charge is 2.20. The average molecular weight is 207 g/mol. The van der Waals surface area contributed by atoms with E-state index in [9.17, 15) is 4.79 Å². The quantitative estimate of drug-likeness (QED) is 0.763. The summed E-state index contributed by atoms with van der Waals surface area (Å²) in [5, 5.41) is 2.97. The van der Waals surface area contributed by atoms with Crippen LogP contribution in [0, 0.1) is 0 Å². The normalized spacial score (nSPS) is 12.2. The number of aryl methyl sites for hydroxylation is 1. The van der Waals surface area contributed by atoms with E-state index in [4.69, 9.17) is 4.74 Å². The Bertz CT molecular complexity index is 336. The van der Waals surface area contributed by atoms with Crippen LogP contribution in [0.1, 0.15) is 24.1 Å². The molecule has 0 spiro atoms. The van der Waals surface area contributed by atoms with Gasteiger partial charge in [-0.15, -0.1) is 0 Å². The second kappa shape index (κ2) is 5.51. The zero-order valence-electron chi connectivity index (χ0n) is 9.41. The van der Waals surface area contributed by atoms with Crippen molar-refractivity contribution in [1.82, 2.24) is 5.32 Å². The molecule has 1 unspecified atom stereocenters. The number of nitrogens with one attached hydrogen (secondary N) is 1. The van der Waals surface area contributed by atoms with Gasteiger partial charge in [-0.3, -0.25) is 0 Å². The monoisotopic (exact) mass is 207 g/mol. The van der Waals surface area contributed by atoms with Crippen molar-refractivity contribution in [1.29, 1.82) is 0 Å². The molecule has 1 N–H and O–H groups in total. The van der Waals surface area contributed by atoms with Crippen molar-refractivity contribution in [2.45, 2.75) is 19.4 Å². The lowest BCUT2D eigenvalue weighted by atomic mass is 9.99. The van der Waals surface area contributed by atoms with Gasteiger partial charge in [0.25, 0.3) is 0 Å². The van der Waals surface area contributed by atoms with Crippen LogP contribution >= 0.6 is 0 Å². The van der Waals surface area contributed by atoms with Gasteiger partial charge in [-0.1, -0.05) is 31.2 Å². The van der Waals surface area contributed by atoms with Crippen molar-refractivity contribution in [3.8, 4) is 0 Å². The van der Waals surface area contributed by atoms with Crippen molar-refractivity contribution in [3.63, 3.8) is 0 Å². The van der Waals surface area contributed by atoms with Crippen LogP contribution in [0.4, 0.5) is 0 Å². The van der Waals surface area contributed by atoms with E-state index in [1.54, 1.807) is 7.05 Å². The maximum atomic E-state index is 11.5. The molecule has 0 heterocycles. The Balaban J connectivity index is 3.05. The first kappa shape index (κ1) is 11.7. The van der Waals surface area contributed by atoms with Gasteiger partial charge in [0.1, 0.15) is 6.04 Å². The molecule has 0 aliphatic carbocycles. The third-order valence-corrected chi connectivity index (χ3v) is 2.47. The lowest BCUT2D eigenvalue weighted by Crippen LogP contribution is -2.27. The number of rotatable bonds is 4. The molecule has 0 aromatic heterocycles. The topological polar surface area (TPSA) is 38.3 Å². The van der Waals surface area contributed by atoms with Crippen molar-refractivity contribution in [2.24, 2.45) is 0 Å². The Morgan fingerprint density at radius 2 is 2.13 bits per heavy atom. The Labute approximate surface area is 90.4 Å². The maximum Gasteiger partial charge on any atom is 0.327 e. The molecule has 0 amide bonds. The van der Waals surface area contributed by atoms with Gasteiger partial charge in [0.2, 0.25) is 0 Å². The minimum absolute atomic E-state index is 0.251. The van der Waals surface area contributed by atoms with E-state index in [1.807, 2.05) is 24.3 Å². The standard InChI is InChI=1S/C12H17NO2/c1-4-9-7-5-6-8-10(9)11(13-2)12(14)15-3/h5-8,11,13H,4H2,1-3H3. The molecule has 82 valence electrons.